The van der Waals surface area contributed by atoms with Crippen molar-refractivity contribution < 1.29 is 4.79 Å². The second kappa shape index (κ2) is 7.65. The molecular formula is C20H16ClNOS. The number of carbonyl (C=O) groups excluding carboxylic acids is 1. The van der Waals surface area contributed by atoms with Crippen molar-refractivity contribution in [1.82, 2.24) is 4.98 Å². The maximum atomic E-state index is 12.8. The average Bonchev–Trinajstić information content (AvgIpc) is 2.63. The summed E-state index contributed by atoms with van der Waals surface area (Å²) in [5.41, 5.74) is 2.44. The minimum atomic E-state index is -0.0393. The van der Waals surface area contributed by atoms with Crippen LogP contribution in [0.25, 0.3) is 0 Å². The van der Waals surface area contributed by atoms with Crippen molar-refractivity contribution in [2.75, 3.05) is 0 Å². The predicted octanol–water partition coefficient (Wildman–Crippen LogP) is 5.82. The van der Waals surface area contributed by atoms with Gasteiger partial charge in [-0.1, -0.05) is 53.7 Å². The van der Waals surface area contributed by atoms with E-state index < -0.39 is 0 Å². The number of aromatic nitrogens is 1. The van der Waals surface area contributed by atoms with Crippen LogP contribution in [0.5, 0.6) is 0 Å². The molecule has 0 bridgehead atoms. The number of ketones is 1. The summed E-state index contributed by atoms with van der Waals surface area (Å²) >= 11 is 7.49. The first-order chi connectivity index (χ1) is 11.6. The van der Waals surface area contributed by atoms with Crippen molar-refractivity contribution in [2.24, 2.45) is 0 Å². The average molecular weight is 354 g/mol. The first kappa shape index (κ1) is 16.7. The minimum absolute atomic E-state index is 0.0393. The van der Waals surface area contributed by atoms with Crippen LogP contribution in [0.15, 0.2) is 78.0 Å². The minimum Gasteiger partial charge on any atom is -0.289 e. The first-order valence-electron chi connectivity index (χ1n) is 7.62. The largest absolute Gasteiger partial charge is 0.289 e. The van der Waals surface area contributed by atoms with Gasteiger partial charge in [0.25, 0.3) is 0 Å². The van der Waals surface area contributed by atoms with Crippen LogP contribution in [0, 0.1) is 0 Å². The van der Waals surface area contributed by atoms with Crippen LogP contribution in [0.1, 0.15) is 33.7 Å². The maximum absolute atomic E-state index is 12.8. The summed E-state index contributed by atoms with van der Waals surface area (Å²) in [6.07, 6.45) is 1.72. The van der Waals surface area contributed by atoms with Gasteiger partial charge in [-0.2, -0.15) is 0 Å². The highest BCUT2D eigenvalue weighted by Crippen LogP contribution is 2.35. The molecule has 0 saturated carbocycles. The van der Waals surface area contributed by atoms with Crippen LogP contribution in [0.3, 0.4) is 0 Å². The van der Waals surface area contributed by atoms with Crippen LogP contribution in [0.2, 0.25) is 5.02 Å². The summed E-state index contributed by atoms with van der Waals surface area (Å²) in [5.74, 6) is -0.0393. The van der Waals surface area contributed by atoms with E-state index >= 15 is 0 Å². The van der Waals surface area contributed by atoms with E-state index in [1.165, 1.54) is 5.56 Å². The Kier molecular flexibility index (Phi) is 5.34. The van der Waals surface area contributed by atoms with E-state index in [-0.39, 0.29) is 11.0 Å². The number of thioether (sulfide) groups is 1. The van der Waals surface area contributed by atoms with Gasteiger partial charge in [0.2, 0.25) is 0 Å². The monoisotopic (exact) mass is 353 g/mol. The Labute approximate surface area is 150 Å². The van der Waals surface area contributed by atoms with Crippen LogP contribution in [-0.2, 0) is 0 Å². The Bertz CT molecular complexity index is 834. The summed E-state index contributed by atoms with van der Waals surface area (Å²) in [4.78, 5) is 17.2. The van der Waals surface area contributed by atoms with Gasteiger partial charge in [0.15, 0.2) is 5.78 Å². The second-order valence-corrected chi connectivity index (χ2v) is 7.13. The molecule has 120 valence electrons. The van der Waals surface area contributed by atoms with Gasteiger partial charge in [-0.05, 0) is 48.9 Å². The number of hydrogen-bond donors (Lipinski definition) is 0. The first-order valence-corrected chi connectivity index (χ1v) is 8.88. The molecule has 3 rings (SSSR count). The zero-order valence-corrected chi connectivity index (χ0v) is 14.7. The Hall–Kier alpha value is -2.10. The zero-order chi connectivity index (χ0) is 16.9. The number of hydrogen-bond acceptors (Lipinski definition) is 3. The number of halogens is 1. The fourth-order valence-electron chi connectivity index (χ4n) is 2.37. The zero-order valence-electron chi connectivity index (χ0n) is 13.1. The molecule has 0 amide bonds. The molecule has 0 N–H and O–H groups in total. The Morgan fingerprint density at radius 1 is 1.00 bits per heavy atom. The molecule has 0 aliphatic rings. The molecule has 1 unspecified atom stereocenters. The SMILES string of the molecule is CC(Sc1ncccc1C(=O)c1ccc(Cl)cc1)c1ccccc1. The third-order valence-corrected chi connectivity index (χ3v) is 5.11. The number of carbonyl (C=O) groups is 1. The summed E-state index contributed by atoms with van der Waals surface area (Å²) in [6, 6.07) is 20.8. The van der Waals surface area contributed by atoms with Gasteiger partial charge in [-0.25, -0.2) is 4.98 Å². The van der Waals surface area contributed by atoms with E-state index in [2.05, 4.69) is 24.0 Å². The number of nitrogens with zero attached hydrogens (tertiary/aromatic N) is 1. The maximum Gasteiger partial charge on any atom is 0.195 e. The molecule has 0 aliphatic heterocycles. The second-order valence-electron chi connectivity index (χ2n) is 5.36. The lowest BCUT2D eigenvalue weighted by Gasteiger charge is -2.13. The van der Waals surface area contributed by atoms with Crippen molar-refractivity contribution >= 4 is 29.1 Å². The molecule has 4 heteroatoms. The van der Waals surface area contributed by atoms with E-state index in [9.17, 15) is 4.79 Å². The molecule has 1 aromatic heterocycles. The van der Waals surface area contributed by atoms with Crippen molar-refractivity contribution in [2.45, 2.75) is 17.2 Å². The van der Waals surface area contributed by atoms with E-state index in [4.69, 9.17) is 11.6 Å². The Balaban J connectivity index is 1.88. The Morgan fingerprint density at radius 2 is 1.71 bits per heavy atom. The van der Waals surface area contributed by atoms with Crippen molar-refractivity contribution in [3.63, 3.8) is 0 Å². The number of benzene rings is 2. The highest BCUT2D eigenvalue weighted by Gasteiger charge is 2.17. The highest BCUT2D eigenvalue weighted by molar-refractivity contribution is 7.99. The molecule has 3 aromatic rings. The van der Waals surface area contributed by atoms with Crippen LogP contribution in [0.4, 0.5) is 0 Å². The smallest absolute Gasteiger partial charge is 0.195 e. The molecule has 0 fully saturated rings. The number of pyridine rings is 1. The summed E-state index contributed by atoms with van der Waals surface area (Å²) in [7, 11) is 0. The van der Waals surface area contributed by atoms with Gasteiger partial charge in [0, 0.05) is 22.0 Å². The molecule has 24 heavy (non-hydrogen) atoms. The topological polar surface area (TPSA) is 30.0 Å². The van der Waals surface area contributed by atoms with E-state index in [1.54, 1.807) is 48.3 Å². The van der Waals surface area contributed by atoms with Crippen molar-refractivity contribution in [3.05, 3.63) is 94.6 Å². The molecule has 2 aromatic carbocycles. The molecule has 1 atom stereocenters. The van der Waals surface area contributed by atoms with Gasteiger partial charge >= 0.3 is 0 Å². The van der Waals surface area contributed by atoms with Crippen molar-refractivity contribution in [1.29, 1.82) is 0 Å². The molecular weight excluding hydrogens is 338 g/mol. The van der Waals surface area contributed by atoms with Crippen LogP contribution in [-0.4, -0.2) is 10.8 Å². The van der Waals surface area contributed by atoms with Gasteiger partial charge in [-0.3, -0.25) is 4.79 Å². The summed E-state index contributed by atoms with van der Waals surface area (Å²) < 4.78 is 0. The van der Waals surface area contributed by atoms with Crippen LogP contribution < -0.4 is 0 Å². The molecule has 0 radical (unpaired) electrons. The molecule has 0 spiro atoms. The van der Waals surface area contributed by atoms with E-state index in [0.717, 1.165) is 5.03 Å². The van der Waals surface area contributed by atoms with Crippen LogP contribution >= 0.6 is 23.4 Å². The lowest BCUT2D eigenvalue weighted by molar-refractivity contribution is 0.103. The fraction of sp³-hybridized carbons (Fsp3) is 0.100. The normalized spacial score (nSPS) is 11.9. The lowest BCUT2D eigenvalue weighted by atomic mass is 10.1. The Morgan fingerprint density at radius 3 is 2.42 bits per heavy atom. The fourth-order valence-corrected chi connectivity index (χ4v) is 3.54. The van der Waals surface area contributed by atoms with Gasteiger partial charge in [-0.15, -0.1) is 0 Å². The third-order valence-electron chi connectivity index (χ3n) is 3.68. The van der Waals surface area contributed by atoms with E-state index in [0.29, 0.717) is 16.1 Å². The van der Waals surface area contributed by atoms with Gasteiger partial charge in [0.1, 0.15) is 5.03 Å². The van der Waals surface area contributed by atoms with Gasteiger partial charge in [0.05, 0.1) is 5.56 Å². The third kappa shape index (κ3) is 3.86. The van der Waals surface area contributed by atoms with Gasteiger partial charge < -0.3 is 0 Å². The van der Waals surface area contributed by atoms with Crippen molar-refractivity contribution in [3.8, 4) is 0 Å². The lowest BCUT2D eigenvalue weighted by Crippen LogP contribution is -2.05. The quantitative estimate of drug-likeness (QED) is 0.427. The molecule has 0 saturated heterocycles. The molecule has 2 nitrogen and oxygen atoms in total. The number of rotatable bonds is 5. The highest BCUT2D eigenvalue weighted by atomic mass is 35.5. The molecule has 0 aliphatic carbocycles. The predicted molar refractivity (Wildman–Crippen MR) is 99.8 cm³/mol. The summed E-state index contributed by atoms with van der Waals surface area (Å²) in [6.45, 7) is 2.12. The van der Waals surface area contributed by atoms with E-state index in [1.807, 2.05) is 24.3 Å². The molecule has 1 heterocycles. The summed E-state index contributed by atoms with van der Waals surface area (Å²) in [5, 5.41) is 1.57. The standard InChI is InChI=1S/C20H16ClNOS/c1-14(15-6-3-2-4-7-15)24-20-18(8-5-13-22-20)19(23)16-9-11-17(21)12-10-16/h2-14H,1H3.